The molecule has 2 saturated heterocycles. The molecule has 2 aliphatic heterocycles. The number of likely N-dealkylation sites (tertiary alicyclic amines) is 1. The Hall–Kier alpha value is -1.50. The Morgan fingerprint density at radius 3 is 2.13 bits per heavy atom. The van der Waals surface area contributed by atoms with E-state index in [4.69, 9.17) is 5.73 Å². The van der Waals surface area contributed by atoms with Gasteiger partial charge in [0.15, 0.2) is 0 Å². The number of piperazine rings is 1. The van der Waals surface area contributed by atoms with Crippen LogP contribution >= 0.6 is 24.8 Å². The molecule has 2 unspecified atom stereocenters. The van der Waals surface area contributed by atoms with Crippen molar-refractivity contribution in [2.45, 2.75) is 33.1 Å². The molecule has 0 bridgehead atoms. The SMILES string of the molecule is CC1CC(C)CN(C(=O)CN2CCN(C(=O)CCc3ccccc3N)CC2)C1.Cl.Cl. The molecule has 30 heavy (non-hydrogen) atoms. The number of benzene rings is 1. The Kier molecular flexibility index (Phi) is 10.9. The highest BCUT2D eigenvalue weighted by atomic mass is 35.5. The first-order valence-electron chi connectivity index (χ1n) is 10.5. The van der Waals surface area contributed by atoms with Gasteiger partial charge in [0.25, 0.3) is 0 Å². The summed E-state index contributed by atoms with van der Waals surface area (Å²) in [5.41, 5.74) is 7.74. The lowest BCUT2D eigenvalue weighted by Gasteiger charge is -2.38. The van der Waals surface area contributed by atoms with E-state index >= 15 is 0 Å². The van der Waals surface area contributed by atoms with Crippen molar-refractivity contribution >= 4 is 42.3 Å². The number of anilines is 1. The summed E-state index contributed by atoms with van der Waals surface area (Å²) in [5, 5.41) is 0. The molecule has 0 spiro atoms. The molecule has 0 aliphatic carbocycles. The van der Waals surface area contributed by atoms with Crippen LogP contribution in [-0.4, -0.2) is 72.3 Å². The number of halogens is 2. The standard InChI is InChI=1S/C22H34N4O2.2ClH/c1-17-13-18(2)15-26(14-17)22(28)16-24-9-11-25(12-10-24)21(27)8-7-19-5-3-4-6-20(19)23;;/h3-6,17-18H,7-16,23H2,1-2H3;2*1H. The van der Waals surface area contributed by atoms with Crippen LogP contribution in [-0.2, 0) is 16.0 Å². The average Bonchev–Trinajstić information content (AvgIpc) is 2.67. The molecule has 2 heterocycles. The van der Waals surface area contributed by atoms with Gasteiger partial charge in [0.05, 0.1) is 6.54 Å². The monoisotopic (exact) mass is 458 g/mol. The molecular formula is C22H36Cl2N4O2. The third kappa shape index (κ3) is 7.33. The maximum absolute atomic E-state index is 12.7. The van der Waals surface area contributed by atoms with E-state index in [-0.39, 0.29) is 36.6 Å². The fourth-order valence-electron chi connectivity index (χ4n) is 4.47. The van der Waals surface area contributed by atoms with Crippen molar-refractivity contribution in [1.82, 2.24) is 14.7 Å². The molecule has 1 aromatic rings. The number of amides is 2. The van der Waals surface area contributed by atoms with Crippen LogP contribution in [0, 0.1) is 11.8 Å². The number of carbonyl (C=O) groups excluding carboxylic acids is 2. The number of para-hydroxylation sites is 1. The summed E-state index contributed by atoms with van der Waals surface area (Å²) in [5.74, 6) is 1.58. The van der Waals surface area contributed by atoms with Crippen LogP contribution in [0.5, 0.6) is 0 Å². The van der Waals surface area contributed by atoms with Gasteiger partial charge in [0.1, 0.15) is 0 Å². The number of carbonyl (C=O) groups is 2. The van der Waals surface area contributed by atoms with Crippen LogP contribution in [0.1, 0.15) is 32.3 Å². The van der Waals surface area contributed by atoms with Crippen LogP contribution in [0.15, 0.2) is 24.3 Å². The molecule has 0 saturated carbocycles. The summed E-state index contributed by atoms with van der Waals surface area (Å²) < 4.78 is 0. The molecule has 2 atom stereocenters. The van der Waals surface area contributed by atoms with Gasteiger partial charge in [-0.1, -0.05) is 32.0 Å². The Labute approximate surface area is 193 Å². The molecule has 8 heteroatoms. The number of nitrogen functional groups attached to an aromatic ring is 1. The number of piperidine rings is 1. The zero-order valence-electron chi connectivity index (χ0n) is 18.1. The van der Waals surface area contributed by atoms with Crippen LogP contribution in [0.3, 0.4) is 0 Å². The Bertz CT molecular complexity index is 685. The Morgan fingerprint density at radius 2 is 1.53 bits per heavy atom. The summed E-state index contributed by atoms with van der Waals surface area (Å²) in [6, 6.07) is 7.72. The first kappa shape index (κ1) is 26.5. The minimum Gasteiger partial charge on any atom is -0.399 e. The molecule has 2 N–H and O–H groups in total. The predicted molar refractivity (Wildman–Crippen MR) is 126 cm³/mol. The van der Waals surface area contributed by atoms with Gasteiger partial charge < -0.3 is 15.5 Å². The van der Waals surface area contributed by atoms with Crippen molar-refractivity contribution in [3.8, 4) is 0 Å². The van der Waals surface area contributed by atoms with Gasteiger partial charge >= 0.3 is 0 Å². The number of nitrogens with two attached hydrogens (primary N) is 1. The normalized spacial score (nSPS) is 22.1. The number of hydrogen-bond acceptors (Lipinski definition) is 4. The molecular weight excluding hydrogens is 423 g/mol. The van der Waals surface area contributed by atoms with Gasteiger partial charge in [-0.25, -0.2) is 0 Å². The summed E-state index contributed by atoms with van der Waals surface area (Å²) in [6.07, 6.45) is 2.37. The quantitative estimate of drug-likeness (QED) is 0.688. The highest BCUT2D eigenvalue weighted by Gasteiger charge is 2.28. The van der Waals surface area contributed by atoms with Crippen molar-refractivity contribution in [3.05, 3.63) is 29.8 Å². The maximum Gasteiger partial charge on any atom is 0.236 e. The number of nitrogens with zero attached hydrogens (tertiary/aromatic N) is 3. The fourth-order valence-corrected chi connectivity index (χ4v) is 4.47. The lowest BCUT2D eigenvalue weighted by molar-refractivity contribution is -0.136. The number of rotatable bonds is 5. The van der Waals surface area contributed by atoms with Gasteiger partial charge in [-0.3, -0.25) is 14.5 Å². The zero-order valence-corrected chi connectivity index (χ0v) is 19.7. The largest absolute Gasteiger partial charge is 0.399 e. The topological polar surface area (TPSA) is 69.9 Å². The second kappa shape index (κ2) is 12.4. The summed E-state index contributed by atoms with van der Waals surface area (Å²) >= 11 is 0. The van der Waals surface area contributed by atoms with E-state index in [2.05, 4.69) is 18.7 Å². The Morgan fingerprint density at radius 1 is 0.933 bits per heavy atom. The van der Waals surface area contributed by atoms with E-state index in [1.54, 1.807) is 0 Å². The summed E-state index contributed by atoms with van der Waals surface area (Å²) in [6.45, 7) is 9.61. The number of aryl methyl sites for hydroxylation is 1. The van der Waals surface area contributed by atoms with Crippen molar-refractivity contribution in [1.29, 1.82) is 0 Å². The second-order valence-electron chi connectivity index (χ2n) is 8.60. The molecule has 0 radical (unpaired) electrons. The molecule has 0 aromatic heterocycles. The van der Waals surface area contributed by atoms with E-state index in [9.17, 15) is 9.59 Å². The minimum atomic E-state index is 0. The molecule has 2 fully saturated rings. The molecule has 2 amide bonds. The van der Waals surface area contributed by atoms with Crippen molar-refractivity contribution in [2.24, 2.45) is 11.8 Å². The van der Waals surface area contributed by atoms with Gasteiger partial charge in [-0.2, -0.15) is 0 Å². The van der Waals surface area contributed by atoms with Crippen molar-refractivity contribution in [3.63, 3.8) is 0 Å². The highest BCUT2D eigenvalue weighted by molar-refractivity contribution is 5.85. The fraction of sp³-hybridized carbons (Fsp3) is 0.636. The second-order valence-corrected chi connectivity index (χ2v) is 8.60. The lowest BCUT2D eigenvalue weighted by atomic mass is 9.92. The van der Waals surface area contributed by atoms with Crippen molar-refractivity contribution in [2.75, 3.05) is 51.5 Å². The third-order valence-electron chi connectivity index (χ3n) is 5.97. The first-order chi connectivity index (χ1) is 13.4. The molecule has 1 aromatic carbocycles. The third-order valence-corrected chi connectivity index (χ3v) is 5.97. The Balaban J connectivity index is 0.00000225. The van der Waals surface area contributed by atoms with Gasteiger partial charge in [-0.15, -0.1) is 24.8 Å². The van der Waals surface area contributed by atoms with Gasteiger partial charge in [0, 0.05) is 51.4 Å². The number of hydrogen-bond donors (Lipinski definition) is 1. The van der Waals surface area contributed by atoms with Crippen LogP contribution < -0.4 is 5.73 Å². The maximum atomic E-state index is 12.7. The van der Waals surface area contributed by atoms with E-state index in [0.29, 0.717) is 44.3 Å². The predicted octanol–water partition coefficient (Wildman–Crippen LogP) is 2.69. The zero-order chi connectivity index (χ0) is 20.1. The van der Waals surface area contributed by atoms with Gasteiger partial charge in [-0.05, 0) is 36.3 Å². The molecule has 170 valence electrons. The summed E-state index contributed by atoms with van der Waals surface area (Å²) in [4.78, 5) is 31.3. The van der Waals surface area contributed by atoms with Crippen LogP contribution in [0.2, 0.25) is 0 Å². The highest BCUT2D eigenvalue weighted by Crippen LogP contribution is 2.21. The van der Waals surface area contributed by atoms with Crippen molar-refractivity contribution < 1.29 is 9.59 Å². The van der Waals surface area contributed by atoms with E-state index in [1.807, 2.05) is 34.1 Å². The average molecular weight is 459 g/mol. The van der Waals surface area contributed by atoms with Crippen LogP contribution in [0.4, 0.5) is 5.69 Å². The van der Waals surface area contributed by atoms with E-state index in [0.717, 1.165) is 37.4 Å². The van der Waals surface area contributed by atoms with E-state index < -0.39 is 0 Å². The lowest BCUT2D eigenvalue weighted by Crippen LogP contribution is -2.53. The summed E-state index contributed by atoms with van der Waals surface area (Å²) in [7, 11) is 0. The smallest absolute Gasteiger partial charge is 0.236 e. The molecule has 3 rings (SSSR count). The molecule has 2 aliphatic rings. The van der Waals surface area contributed by atoms with Crippen LogP contribution in [0.25, 0.3) is 0 Å². The minimum absolute atomic E-state index is 0. The first-order valence-corrected chi connectivity index (χ1v) is 10.5. The molecule has 6 nitrogen and oxygen atoms in total. The van der Waals surface area contributed by atoms with E-state index in [1.165, 1.54) is 6.42 Å². The van der Waals surface area contributed by atoms with Gasteiger partial charge in [0.2, 0.25) is 11.8 Å².